The first-order valence-electron chi connectivity index (χ1n) is 6.89. The maximum atomic E-state index is 12.0. The topological polar surface area (TPSA) is 76.0 Å². The Hall–Kier alpha value is -2.59. The zero-order chi connectivity index (χ0) is 16.7. The average molecular weight is 375 g/mol. The van der Waals surface area contributed by atoms with Crippen molar-refractivity contribution >= 4 is 27.7 Å². The molecule has 0 saturated heterocycles. The summed E-state index contributed by atoms with van der Waals surface area (Å²) in [4.78, 5) is 23.4. The van der Waals surface area contributed by atoms with Crippen molar-refractivity contribution in [3.8, 4) is 18.0 Å². The van der Waals surface area contributed by atoms with Gasteiger partial charge in [-0.3, -0.25) is 9.59 Å². The van der Waals surface area contributed by atoms with Crippen molar-refractivity contribution in [3.63, 3.8) is 0 Å². The molecule has 0 spiro atoms. The Morgan fingerprint density at radius 2 is 2.00 bits per heavy atom. The lowest BCUT2D eigenvalue weighted by Crippen LogP contribution is -2.30. The van der Waals surface area contributed by atoms with E-state index in [1.807, 2.05) is 24.3 Å². The van der Waals surface area contributed by atoms with Gasteiger partial charge in [0, 0.05) is 23.6 Å². The average Bonchev–Trinajstić information content (AvgIpc) is 3.03. The molecule has 0 aliphatic rings. The van der Waals surface area contributed by atoms with Crippen LogP contribution in [0.5, 0.6) is 0 Å². The van der Waals surface area contributed by atoms with Crippen LogP contribution in [0.3, 0.4) is 0 Å². The predicted molar refractivity (Wildman–Crippen MR) is 90.1 cm³/mol. The van der Waals surface area contributed by atoms with Crippen LogP contribution in [0, 0.1) is 12.3 Å². The van der Waals surface area contributed by atoms with Gasteiger partial charge < -0.3 is 10.6 Å². The summed E-state index contributed by atoms with van der Waals surface area (Å²) in [6.07, 6.45) is 8.33. The summed E-state index contributed by atoms with van der Waals surface area (Å²) in [5.41, 5.74) is 1.28. The lowest BCUT2D eigenvalue weighted by molar-refractivity contribution is -0.120. The van der Waals surface area contributed by atoms with Gasteiger partial charge in [0.15, 0.2) is 0 Å². The van der Waals surface area contributed by atoms with Gasteiger partial charge in [-0.05, 0) is 24.3 Å². The first-order chi connectivity index (χ1) is 11.1. The molecule has 118 valence electrons. The molecule has 0 saturated carbocycles. The number of hydrogen-bond donors (Lipinski definition) is 2. The van der Waals surface area contributed by atoms with Crippen LogP contribution >= 0.6 is 15.9 Å². The number of nitrogens with zero attached hydrogens (tertiary/aromatic N) is 2. The smallest absolute Gasteiger partial charge is 0.254 e. The molecule has 0 bridgehead atoms. The van der Waals surface area contributed by atoms with E-state index in [-0.39, 0.29) is 31.3 Å². The van der Waals surface area contributed by atoms with E-state index in [4.69, 9.17) is 6.42 Å². The van der Waals surface area contributed by atoms with E-state index in [0.717, 1.165) is 10.2 Å². The molecule has 23 heavy (non-hydrogen) atoms. The van der Waals surface area contributed by atoms with Gasteiger partial charge in [-0.2, -0.15) is 5.10 Å². The van der Waals surface area contributed by atoms with E-state index >= 15 is 0 Å². The van der Waals surface area contributed by atoms with Crippen molar-refractivity contribution < 1.29 is 9.59 Å². The van der Waals surface area contributed by atoms with Gasteiger partial charge in [0.25, 0.3) is 5.91 Å². The summed E-state index contributed by atoms with van der Waals surface area (Å²) in [6.45, 7) is 0.422. The molecule has 0 fully saturated rings. The highest BCUT2D eigenvalue weighted by Gasteiger charge is 2.09. The fourth-order valence-electron chi connectivity index (χ4n) is 1.80. The van der Waals surface area contributed by atoms with Crippen LogP contribution in [0.2, 0.25) is 0 Å². The van der Waals surface area contributed by atoms with E-state index in [9.17, 15) is 9.59 Å². The van der Waals surface area contributed by atoms with E-state index in [1.54, 1.807) is 10.9 Å². The number of halogens is 1. The van der Waals surface area contributed by atoms with Crippen LogP contribution in [0.15, 0.2) is 41.1 Å². The van der Waals surface area contributed by atoms with E-state index in [2.05, 4.69) is 37.6 Å². The van der Waals surface area contributed by atoms with Gasteiger partial charge in [-0.25, -0.2) is 4.68 Å². The molecule has 1 aromatic heterocycles. The minimum Gasteiger partial charge on any atom is -0.351 e. The minimum absolute atomic E-state index is 0.175. The number of carbonyl (C=O) groups excluding carboxylic acids is 2. The first-order valence-corrected chi connectivity index (χ1v) is 7.68. The second kappa shape index (κ2) is 8.15. The first kappa shape index (κ1) is 16.8. The normalized spacial score (nSPS) is 9.91. The number of amides is 2. The van der Waals surface area contributed by atoms with Crippen molar-refractivity contribution in [1.82, 2.24) is 20.4 Å². The van der Waals surface area contributed by atoms with Gasteiger partial charge in [0.05, 0.1) is 24.0 Å². The zero-order valence-electron chi connectivity index (χ0n) is 12.3. The number of terminal acetylenes is 1. The fourth-order valence-corrected chi connectivity index (χ4v) is 2.07. The Kier molecular flexibility index (Phi) is 5.94. The number of benzene rings is 1. The number of hydrogen-bond acceptors (Lipinski definition) is 3. The molecule has 1 aromatic carbocycles. The molecule has 6 nitrogen and oxygen atoms in total. The lowest BCUT2D eigenvalue weighted by Gasteiger charge is -2.03. The molecule has 0 aliphatic carbocycles. The van der Waals surface area contributed by atoms with E-state index in [0.29, 0.717) is 5.56 Å². The van der Waals surface area contributed by atoms with E-state index in [1.165, 1.54) is 6.20 Å². The molecule has 7 heteroatoms. The van der Waals surface area contributed by atoms with Crippen molar-refractivity contribution in [1.29, 1.82) is 0 Å². The molecular weight excluding hydrogens is 360 g/mol. The third-order valence-corrected chi connectivity index (χ3v) is 3.49. The summed E-state index contributed by atoms with van der Waals surface area (Å²) >= 11 is 3.36. The van der Waals surface area contributed by atoms with Crippen LogP contribution in [0.4, 0.5) is 0 Å². The largest absolute Gasteiger partial charge is 0.351 e. The Balaban J connectivity index is 1.88. The zero-order valence-corrected chi connectivity index (χ0v) is 13.8. The van der Waals surface area contributed by atoms with Gasteiger partial charge in [0.1, 0.15) is 0 Å². The molecule has 0 atom stereocenters. The van der Waals surface area contributed by atoms with Crippen molar-refractivity contribution in [2.24, 2.45) is 0 Å². The van der Waals surface area contributed by atoms with Crippen LogP contribution in [0.1, 0.15) is 16.8 Å². The number of carbonyl (C=O) groups is 2. The van der Waals surface area contributed by atoms with Crippen LogP contribution < -0.4 is 10.6 Å². The quantitative estimate of drug-likeness (QED) is 0.752. The third kappa shape index (κ3) is 4.97. The highest BCUT2D eigenvalue weighted by atomic mass is 79.9. The molecule has 0 aliphatic heterocycles. The second-order valence-corrected chi connectivity index (χ2v) is 5.55. The highest BCUT2D eigenvalue weighted by molar-refractivity contribution is 9.10. The molecule has 2 N–H and O–H groups in total. The standard InChI is InChI=1S/C16H15BrN4O2/c1-2-8-18-15(22)7-9-19-16(23)12-10-20-21(11-12)14-5-3-13(17)4-6-14/h1,3-6,10-11H,7-9H2,(H,18,22)(H,19,23). The third-order valence-electron chi connectivity index (χ3n) is 2.96. The molecular formula is C16H15BrN4O2. The summed E-state index contributed by atoms with van der Waals surface area (Å²) < 4.78 is 2.58. The summed E-state index contributed by atoms with van der Waals surface area (Å²) in [5.74, 6) is 1.83. The van der Waals surface area contributed by atoms with Gasteiger partial charge >= 0.3 is 0 Å². The maximum Gasteiger partial charge on any atom is 0.254 e. The summed E-state index contributed by atoms with van der Waals surface area (Å²) in [7, 11) is 0. The Labute approximate surface area is 142 Å². The van der Waals surface area contributed by atoms with Crippen LogP contribution in [0.25, 0.3) is 5.69 Å². The molecule has 2 aromatic rings. The van der Waals surface area contributed by atoms with E-state index < -0.39 is 0 Å². The molecule has 2 rings (SSSR count). The second-order valence-electron chi connectivity index (χ2n) is 4.64. The van der Waals surface area contributed by atoms with Gasteiger partial charge in [-0.1, -0.05) is 21.9 Å². The number of nitrogens with one attached hydrogen (secondary N) is 2. The van der Waals surface area contributed by atoms with Crippen molar-refractivity contribution in [2.75, 3.05) is 13.1 Å². The van der Waals surface area contributed by atoms with Gasteiger partial charge in [0.2, 0.25) is 5.91 Å². The predicted octanol–water partition coefficient (Wildman–Crippen LogP) is 1.50. The Bertz CT molecular complexity index is 731. The number of aromatic nitrogens is 2. The monoisotopic (exact) mass is 374 g/mol. The maximum absolute atomic E-state index is 12.0. The molecule has 0 unspecified atom stereocenters. The van der Waals surface area contributed by atoms with Gasteiger partial charge in [-0.15, -0.1) is 6.42 Å². The Morgan fingerprint density at radius 3 is 2.70 bits per heavy atom. The fraction of sp³-hybridized carbons (Fsp3) is 0.188. The SMILES string of the molecule is C#CCNC(=O)CCNC(=O)c1cnn(-c2ccc(Br)cc2)c1. The van der Waals surface area contributed by atoms with Crippen LogP contribution in [-0.4, -0.2) is 34.7 Å². The number of rotatable bonds is 6. The summed E-state index contributed by atoms with van der Waals surface area (Å²) in [5, 5.41) is 9.36. The molecule has 2 amide bonds. The van der Waals surface area contributed by atoms with Crippen molar-refractivity contribution in [3.05, 3.63) is 46.7 Å². The molecule has 0 radical (unpaired) electrons. The Morgan fingerprint density at radius 1 is 1.26 bits per heavy atom. The van der Waals surface area contributed by atoms with Crippen LogP contribution in [-0.2, 0) is 4.79 Å². The van der Waals surface area contributed by atoms with Crippen molar-refractivity contribution in [2.45, 2.75) is 6.42 Å². The molecule has 1 heterocycles. The highest BCUT2D eigenvalue weighted by Crippen LogP contribution is 2.14. The lowest BCUT2D eigenvalue weighted by atomic mass is 10.3. The summed E-state index contributed by atoms with van der Waals surface area (Å²) in [6, 6.07) is 7.56. The minimum atomic E-state index is -0.280.